The van der Waals surface area contributed by atoms with Crippen LogP contribution in [0, 0.1) is 0 Å². The van der Waals surface area contributed by atoms with Gasteiger partial charge in [0.2, 0.25) is 0 Å². The third-order valence-corrected chi connectivity index (χ3v) is 2.98. The van der Waals surface area contributed by atoms with E-state index < -0.39 is 0 Å². The lowest BCUT2D eigenvalue weighted by Crippen LogP contribution is -2.06. The molecule has 0 spiro atoms. The van der Waals surface area contributed by atoms with Crippen molar-refractivity contribution < 1.29 is 4.74 Å². The van der Waals surface area contributed by atoms with E-state index in [9.17, 15) is 0 Å². The van der Waals surface area contributed by atoms with Crippen LogP contribution in [-0.2, 0) is 4.74 Å². The van der Waals surface area contributed by atoms with Crippen molar-refractivity contribution in [2.75, 3.05) is 30.8 Å². The van der Waals surface area contributed by atoms with Crippen molar-refractivity contribution in [3.63, 3.8) is 0 Å². The smallest absolute Gasteiger partial charge is 0.0482 e. The second-order valence-corrected chi connectivity index (χ2v) is 4.52. The van der Waals surface area contributed by atoms with Gasteiger partial charge in [-0.2, -0.15) is 0 Å². The van der Waals surface area contributed by atoms with Crippen molar-refractivity contribution in [3.05, 3.63) is 30.6 Å². The summed E-state index contributed by atoms with van der Waals surface area (Å²) in [6.45, 7) is 4.64. The minimum Gasteiger partial charge on any atom is -0.398 e. The molecule has 0 radical (unpaired) electrons. The van der Waals surface area contributed by atoms with Crippen molar-refractivity contribution in [1.82, 2.24) is 4.98 Å². The fourth-order valence-electron chi connectivity index (χ4n) is 2.01. The average molecular weight is 259 g/mol. The molecule has 0 saturated carbocycles. The molecule has 4 heteroatoms. The zero-order valence-electron chi connectivity index (χ0n) is 11.4. The van der Waals surface area contributed by atoms with Gasteiger partial charge in [-0.3, -0.25) is 4.98 Å². The van der Waals surface area contributed by atoms with Crippen LogP contribution in [0.5, 0.6) is 0 Å². The number of pyridine rings is 1. The zero-order valence-corrected chi connectivity index (χ0v) is 11.4. The highest BCUT2D eigenvalue weighted by Gasteiger charge is 2.03. The number of hydrogen-bond donors (Lipinski definition) is 2. The minimum absolute atomic E-state index is 0.786. The first-order valence-corrected chi connectivity index (χ1v) is 6.76. The predicted molar refractivity (Wildman–Crippen MR) is 80.4 cm³/mol. The molecule has 0 aliphatic carbocycles. The lowest BCUT2D eigenvalue weighted by atomic mass is 10.1. The lowest BCUT2D eigenvalue weighted by molar-refractivity contribution is 0.134. The van der Waals surface area contributed by atoms with E-state index >= 15 is 0 Å². The summed E-state index contributed by atoms with van der Waals surface area (Å²) in [6.07, 6.45) is 5.68. The monoisotopic (exact) mass is 259 g/mol. The van der Waals surface area contributed by atoms with Crippen molar-refractivity contribution in [2.45, 2.75) is 19.8 Å². The zero-order chi connectivity index (χ0) is 13.5. The lowest BCUT2D eigenvalue weighted by Gasteiger charge is -2.11. The van der Waals surface area contributed by atoms with Crippen molar-refractivity contribution >= 4 is 22.1 Å². The quantitative estimate of drug-likeness (QED) is 0.592. The second-order valence-electron chi connectivity index (χ2n) is 4.52. The molecule has 1 aromatic carbocycles. The molecule has 0 atom stereocenters. The van der Waals surface area contributed by atoms with Crippen LogP contribution in [0.1, 0.15) is 19.8 Å². The third-order valence-electron chi connectivity index (χ3n) is 2.98. The van der Waals surface area contributed by atoms with Gasteiger partial charge < -0.3 is 15.8 Å². The maximum Gasteiger partial charge on any atom is 0.0482 e. The fraction of sp³-hybridized carbons (Fsp3) is 0.400. The summed E-state index contributed by atoms with van der Waals surface area (Å²) in [5.41, 5.74) is 7.82. The molecular formula is C15H21N3O. The molecule has 1 aromatic heterocycles. The molecule has 102 valence electrons. The van der Waals surface area contributed by atoms with Crippen LogP contribution in [0.4, 0.5) is 11.4 Å². The van der Waals surface area contributed by atoms with E-state index in [0.29, 0.717) is 0 Å². The van der Waals surface area contributed by atoms with Crippen molar-refractivity contribution in [2.24, 2.45) is 0 Å². The SMILES string of the molecule is CCCOCCCNc1ccc(N)c2ccncc12. The van der Waals surface area contributed by atoms with Crippen LogP contribution in [0.3, 0.4) is 0 Å². The molecular weight excluding hydrogens is 238 g/mol. The summed E-state index contributed by atoms with van der Waals surface area (Å²) in [6, 6.07) is 5.88. The molecule has 2 rings (SSSR count). The van der Waals surface area contributed by atoms with E-state index in [-0.39, 0.29) is 0 Å². The van der Waals surface area contributed by atoms with E-state index in [1.165, 1.54) is 0 Å². The molecule has 0 aliphatic heterocycles. The first kappa shape index (κ1) is 13.6. The molecule has 0 aliphatic rings. The maximum absolute atomic E-state index is 5.96. The topological polar surface area (TPSA) is 60.2 Å². The van der Waals surface area contributed by atoms with E-state index in [0.717, 1.165) is 54.7 Å². The van der Waals surface area contributed by atoms with Gasteiger partial charge in [0.05, 0.1) is 0 Å². The van der Waals surface area contributed by atoms with Crippen molar-refractivity contribution in [3.8, 4) is 0 Å². The number of nitrogens with one attached hydrogen (secondary N) is 1. The van der Waals surface area contributed by atoms with E-state index in [2.05, 4.69) is 17.2 Å². The summed E-state index contributed by atoms with van der Waals surface area (Å²) in [7, 11) is 0. The number of nitrogens with two attached hydrogens (primary N) is 1. The Morgan fingerprint density at radius 3 is 2.95 bits per heavy atom. The van der Waals surface area contributed by atoms with E-state index in [4.69, 9.17) is 10.5 Å². The Balaban J connectivity index is 1.96. The summed E-state index contributed by atoms with van der Waals surface area (Å²) >= 11 is 0. The Kier molecular flexibility index (Phi) is 4.98. The Labute approximate surface area is 114 Å². The van der Waals surface area contributed by atoms with Crippen LogP contribution < -0.4 is 11.1 Å². The second kappa shape index (κ2) is 6.95. The van der Waals surface area contributed by atoms with Gasteiger partial charge in [0, 0.05) is 54.3 Å². The van der Waals surface area contributed by atoms with Crippen molar-refractivity contribution in [1.29, 1.82) is 0 Å². The highest BCUT2D eigenvalue weighted by molar-refractivity contribution is 6.00. The van der Waals surface area contributed by atoms with Gasteiger partial charge in [0.1, 0.15) is 0 Å². The normalized spacial score (nSPS) is 10.8. The maximum atomic E-state index is 5.96. The molecule has 0 fully saturated rings. The summed E-state index contributed by atoms with van der Waals surface area (Å²) in [5, 5.41) is 5.53. The number of aromatic nitrogens is 1. The first-order valence-electron chi connectivity index (χ1n) is 6.76. The van der Waals surface area contributed by atoms with E-state index in [1.54, 1.807) is 6.20 Å². The highest BCUT2D eigenvalue weighted by atomic mass is 16.5. The Morgan fingerprint density at radius 2 is 2.11 bits per heavy atom. The Bertz CT molecular complexity index is 528. The third kappa shape index (κ3) is 3.58. The molecule has 0 amide bonds. The number of nitrogens with zero attached hydrogens (tertiary/aromatic N) is 1. The van der Waals surface area contributed by atoms with Gasteiger partial charge in [0.15, 0.2) is 0 Å². The molecule has 0 unspecified atom stereocenters. The van der Waals surface area contributed by atoms with Gasteiger partial charge in [-0.05, 0) is 31.0 Å². The molecule has 3 N–H and O–H groups in total. The van der Waals surface area contributed by atoms with Crippen LogP contribution in [-0.4, -0.2) is 24.7 Å². The fourth-order valence-corrected chi connectivity index (χ4v) is 2.01. The Morgan fingerprint density at radius 1 is 1.21 bits per heavy atom. The predicted octanol–water partition coefficient (Wildman–Crippen LogP) is 3.05. The summed E-state index contributed by atoms with van der Waals surface area (Å²) < 4.78 is 5.45. The molecule has 0 bridgehead atoms. The molecule has 19 heavy (non-hydrogen) atoms. The van der Waals surface area contributed by atoms with Gasteiger partial charge >= 0.3 is 0 Å². The Hall–Kier alpha value is -1.81. The van der Waals surface area contributed by atoms with Crippen LogP contribution in [0.15, 0.2) is 30.6 Å². The number of fused-ring (bicyclic) bond motifs is 1. The first-order chi connectivity index (χ1) is 9.33. The van der Waals surface area contributed by atoms with Crippen LogP contribution in [0.2, 0.25) is 0 Å². The van der Waals surface area contributed by atoms with Gasteiger partial charge in [-0.25, -0.2) is 0 Å². The number of ether oxygens (including phenoxy) is 1. The average Bonchev–Trinajstić information content (AvgIpc) is 2.45. The van der Waals surface area contributed by atoms with Crippen LogP contribution >= 0.6 is 0 Å². The molecule has 0 saturated heterocycles. The molecule has 1 heterocycles. The largest absolute Gasteiger partial charge is 0.398 e. The van der Waals surface area contributed by atoms with Gasteiger partial charge in [-0.1, -0.05) is 6.92 Å². The van der Waals surface area contributed by atoms with E-state index in [1.807, 2.05) is 24.4 Å². The highest BCUT2D eigenvalue weighted by Crippen LogP contribution is 2.27. The molecule has 4 nitrogen and oxygen atoms in total. The number of benzene rings is 1. The standard InChI is InChI=1S/C15H21N3O/c1-2-9-19-10-3-7-18-15-5-4-14(16)12-6-8-17-11-13(12)15/h4-6,8,11,18H,2-3,7,9-10,16H2,1H3. The minimum atomic E-state index is 0.786. The summed E-state index contributed by atoms with van der Waals surface area (Å²) in [5.74, 6) is 0. The number of rotatable bonds is 7. The van der Waals surface area contributed by atoms with Gasteiger partial charge in [0.25, 0.3) is 0 Å². The van der Waals surface area contributed by atoms with Crippen LogP contribution in [0.25, 0.3) is 10.8 Å². The molecule has 2 aromatic rings. The number of anilines is 2. The van der Waals surface area contributed by atoms with Gasteiger partial charge in [-0.15, -0.1) is 0 Å². The number of hydrogen-bond acceptors (Lipinski definition) is 4. The number of nitrogen functional groups attached to an aromatic ring is 1. The summed E-state index contributed by atoms with van der Waals surface area (Å²) in [4.78, 5) is 4.16.